The van der Waals surface area contributed by atoms with Crippen LogP contribution >= 0.6 is 0 Å². The Hall–Kier alpha value is -0.610. The number of carbonyl (C=O) groups is 2. The molecule has 0 heterocycles. The van der Waals surface area contributed by atoms with Crippen molar-refractivity contribution in [1.82, 2.24) is 0 Å². The summed E-state index contributed by atoms with van der Waals surface area (Å²) in [4.78, 5) is 19.8. The Kier molecular flexibility index (Phi) is 4.74. The van der Waals surface area contributed by atoms with Gasteiger partial charge in [0, 0.05) is 0 Å². The van der Waals surface area contributed by atoms with Gasteiger partial charge < -0.3 is 0 Å². The molecule has 0 rings (SSSR count). The molecule has 0 fully saturated rings. The van der Waals surface area contributed by atoms with E-state index in [2.05, 4.69) is 5.71 Å². The van der Waals surface area contributed by atoms with Crippen molar-refractivity contribution in [2.45, 2.75) is 12.4 Å². The van der Waals surface area contributed by atoms with Gasteiger partial charge >= 0.3 is 89.7 Å². The summed E-state index contributed by atoms with van der Waals surface area (Å²) in [5.41, 5.74) is 0. The van der Waals surface area contributed by atoms with Gasteiger partial charge in [0.25, 0.3) is 0 Å². The van der Waals surface area contributed by atoms with Gasteiger partial charge in [0.15, 0.2) is 0 Å². The van der Waals surface area contributed by atoms with E-state index >= 15 is 0 Å². The topological polar surface area (TPSA) is 52.6 Å². The van der Waals surface area contributed by atoms with E-state index in [0.29, 0.717) is 0 Å². The Morgan fingerprint density at radius 3 is 1.27 bits per heavy atom. The molecular weight excluding hydrogens is 405 g/mol. The zero-order valence-electron chi connectivity index (χ0n) is 6.40. The second-order valence-electron chi connectivity index (χ2n) is 1.86. The molecule has 0 radical (unpaired) electrons. The van der Waals surface area contributed by atoms with Crippen LogP contribution in [0.4, 0.5) is 26.3 Å². The van der Waals surface area contributed by atoms with Crippen molar-refractivity contribution in [3.8, 4) is 0 Å². The van der Waals surface area contributed by atoms with Gasteiger partial charge in [-0.25, -0.2) is 0 Å². The van der Waals surface area contributed by atoms with Crippen LogP contribution in [0.5, 0.6) is 0 Å². The summed E-state index contributed by atoms with van der Waals surface area (Å²) in [6.45, 7) is 0. The second-order valence-corrected chi connectivity index (χ2v) is 3.92. The second kappa shape index (κ2) is 4.94. The van der Waals surface area contributed by atoms with E-state index < -0.39 is 48.1 Å². The molecule has 0 bridgehead atoms. The first-order chi connectivity index (χ1) is 6.55. The molecule has 0 aliphatic carbocycles. The van der Waals surface area contributed by atoms with Crippen LogP contribution in [0.2, 0.25) is 0 Å². The summed E-state index contributed by atoms with van der Waals surface area (Å²) >= 11 is -3.47. The standard InChI is InChI=1S/2C2HF3O2.Hf/c2*3-2(4,5)1(6)7;/h2*(H,6,7);/q;;+2/p-2. The third-order valence-electron chi connectivity index (χ3n) is 0.732. The van der Waals surface area contributed by atoms with Gasteiger partial charge in [-0.2, -0.15) is 0 Å². The van der Waals surface area contributed by atoms with E-state index in [1.54, 1.807) is 0 Å². The van der Waals surface area contributed by atoms with E-state index in [1.165, 1.54) is 0 Å². The number of rotatable bonds is 2. The van der Waals surface area contributed by atoms with Crippen molar-refractivity contribution in [2.75, 3.05) is 0 Å². The predicted molar refractivity (Wildman–Crippen MR) is 24.3 cm³/mol. The molecule has 0 unspecified atom stereocenters. The molecule has 0 aromatic heterocycles. The average Bonchev–Trinajstić information content (AvgIpc) is 2.00. The van der Waals surface area contributed by atoms with Crippen molar-refractivity contribution in [1.29, 1.82) is 0 Å². The summed E-state index contributed by atoms with van der Waals surface area (Å²) < 4.78 is 75.1. The number of carbonyl (C=O) groups excluding carboxylic acids is 2. The summed E-state index contributed by atoms with van der Waals surface area (Å²) in [6, 6.07) is 0. The molecule has 0 aromatic rings. The molecule has 0 N–H and O–H groups in total. The SMILES string of the molecule is O=C([O][Hf][O]C(=O)C(F)(F)F)C(F)(F)F. The molecule has 0 saturated carbocycles. The van der Waals surface area contributed by atoms with Crippen LogP contribution < -0.4 is 0 Å². The van der Waals surface area contributed by atoms with Gasteiger partial charge in [-0.3, -0.25) is 0 Å². The van der Waals surface area contributed by atoms with Gasteiger partial charge in [0.05, 0.1) is 0 Å². The Balaban J connectivity index is 3.92. The van der Waals surface area contributed by atoms with E-state index in [1.807, 2.05) is 0 Å². The predicted octanol–water partition coefficient (Wildman–Crippen LogP) is 1.11. The Morgan fingerprint density at radius 1 is 0.800 bits per heavy atom. The molecule has 0 spiro atoms. The maximum atomic E-state index is 11.4. The number of hydrogen-bond acceptors (Lipinski definition) is 4. The molecular formula is C4F6HfO4. The Bertz CT molecular complexity index is 231. The number of alkyl halides is 6. The summed E-state index contributed by atoms with van der Waals surface area (Å²) in [6.07, 6.45) is -10.6. The van der Waals surface area contributed by atoms with Gasteiger partial charge in [0.2, 0.25) is 0 Å². The van der Waals surface area contributed by atoms with Gasteiger partial charge in [0.1, 0.15) is 0 Å². The first-order valence-corrected chi connectivity index (χ1v) is 5.79. The van der Waals surface area contributed by atoms with Crippen molar-refractivity contribution in [2.24, 2.45) is 0 Å². The van der Waals surface area contributed by atoms with E-state index in [4.69, 9.17) is 0 Å². The molecule has 0 aliphatic heterocycles. The van der Waals surface area contributed by atoms with Gasteiger partial charge in [-0.05, 0) is 0 Å². The average molecular weight is 405 g/mol. The summed E-state index contributed by atoms with van der Waals surface area (Å²) in [5.74, 6) is -5.33. The fourth-order valence-corrected chi connectivity index (χ4v) is 1.74. The molecule has 0 aliphatic rings. The Morgan fingerprint density at radius 2 is 1.07 bits per heavy atom. The van der Waals surface area contributed by atoms with E-state index in [0.717, 1.165) is 0 Å². The third-order valence-corrected chi connectivity index (χ3v) is 2.66. The van der Waals surface area contributed by atoms with Crippen LogP contribution in [0.1, 0.15) is 0 Å². The van der Waals surface area contributed by atoms with Crippen LogP contribution in [-0.2, 0) is 39.1 Å². The number of hydrogen-bond donors (Lipinski definition) is 0. The van der Waals surface area contributed by atoms with Crippen LogP contribution in [0.15, 0.2) is 0 Å². The molecule has 0 atom stereocenters. The molecule has 0 aromatic carbocycles. The molecule has 86 valence electrons. The molecule has 11 heteroatoms. The van der Waals surface area contributed by atoms with Crippen LogP contribution in [0.3, 0.4) is 0 Å². The zero-order chi connectivity index (χ0) is 12.3. The van der Waals surface area contributed by atoms with Crippen LogP contribution in [0.25, 0.3) is 0 Å². The molecule has 4 nitrogen and oxygen atoms in total. The monoisotopic (exact) mass is 406 g/mol. The zero-order valence-corrected chi connectivity index (χ0v) is 9.99. The summed E-state index contributed by atoms with van der Waals surface area (Å²) in [7, 11) is 0. The Labute approximate surface area is 90.1 Å². The quantitative estimate of drug-likeness (QED) is 0.511. The van der Waals surface area contributed by atoms with E-state index in [9.17, 15) is 35.9 Å². The fourth-order valence-electron chi connectivity index (χ4n) is 0.212. The van der Waals surface area contributed by atoms with Crippen molar-refractivity contribution >= 4 is 11.9 Å². The number of halogens is 6. The summed E-state index contributed by atoms with van der Waals surface area (Å²) in [5, 5.41) is 0. The van der Waals surface area contributed by atoms with Gasteiger partial charge in [-0.1, -0.05) is 0 Å². The third kappa shape index (κ3) is 5.74. The molecule has 15 heavy (non-hydrogen) atoms. The van der Waals surface area contributed by atoms with Crippen LogP contribution in [0, 0.1) is 0 Å². The fraction of sp³-hybridized carbons (Fsp3) is 0.500. The van der Waals surface area contributed by atoms with Gasteiger partial charge in [-0.15, -0.1) is 0 Å². The molecule has 0 amide bonds. The van der Waals surface area contributed by atoms with Crippen LogP contribution in [-0.4, -0.2) is 24.3 Å². The normalized spacial score (nSPS) is 11.9. The molecule has 0 saturated heterocycles. The maximum absolute atomic E-state index is 11.4. The minimum atomic E-state index is -5.31. The minimum absolute atomic E-state index is 2.67. The van der Waals surface area contributed by atoms with E-state index in [-0.39, 0.29) is 0 Å². The first kappa shape index (κ1) is 14.4. The van der Waals surface area contributed by atoms with Crippen molar-refractivity contribution in [3.05, 3.63) is 0 Å². The first-order valence-electron chi connectivity index (χ1n) is 2.86. The van der Waals surface area contributed by atoms with Crippen molar-refractivity contribution < 1.29 is 65.4 Å². The van der Waals surface area contributed by atoms with Crippen molar-refractivity contribution in [3.63, 3.8) is 0 Å².